The summed E-state index contributed by atoms with van der Waals surface area (Å²) in [6.45, 7) is 0.567. The van der Waals surface area contributed by atoms with Gasteiger partial charge in [-0.2, -0.15) is 0 Å². The second-order valence-corrected chi connectivity index (χ2v) is 9.30. The molecule has 1 atom stereocenters. The average molecular weight is 391 g/mol. The number of rotatable bonds is 3. The normalized spacial score (nSPS) is 15.2. The van der Waals surface area contributed by atoms with E-state index < -0.39 is 9.62 Å². The molecule has 0 aliphatic carbocycles. The Morgan fingerprint density at radius 3 is 2.25 bits per heavy atom. The molecule has 3 aromatic rings. The first-order valence-electron chi connectivity index (χ1n) is 9.03. The summed E-state index contributed by atoms with van der Waals surface area (Å²) >= 11 is 0. The number of benzene rings is 3. The quantitative estimate of drug-likeness (QED) is 0.600. The van der Waals surface area contributed by atoms with Gasteiger partial charge < -0.3 is 10.2 Å². The fourth-order valence-electron chi connectivity index (χ4n) is 3.13. The lowest BCUT2D eigenvalue weighted by Crippen LogP contribution is -2.35. The van der Waals surface area contributed by atoms with Crippen molar-refractivity contribution in [3.8, 4) is 0 Å². The van der Waals surface area contributed by atoms with E-state index in [1.165, 1.54) is 0 Å². The van der Waals surface area contributed by atoms with Gasteiger partial charge in [0.05, 0.1) is 11.4 Å². The molecule has 1 heterocycles. The van der Waals surface area contributed by atoms with Gasteiger partial charge in [0.1, 0.15) is 0 Å². The molecular formula is C22H22N4OS. The highest BCUT2D eigenvalue weighted by atomic mass is 32.2. The maximum atomic E-state index is 11.8. The lowest BCUT2D eigenvalue weighted by Gasteiger charge is -2.26. The number of amides is 2. The number of fused-ring (bicyclic) bond motifs is 1. The van der Waals surface area contributed by atoms with Crippen LogP contribution in [-0.4, -0.2) is 24.2 Å². The van der Waals surface area contributed by atoms with Crippen LogP contribution in [0, 0.1) is 0 Å². The Bertz CT molecular complexity index is 1130. The fourth-order valence-corrected chi connectivity index (χ4v) is 5.11. The lowest BCUT2D eigenvalue weighted by atomic mass is 10.1. The van der Waals surface area contributed by atoms with Crippen LogP contribution in [0.2, 0.25) is 0 Å². The van der Waals surface area contributed by atoms with E-state index in [-0.39, 0.29) is 6.03 Å². The Hall–Kier alpha value is -3.12. The first-order chi connectivity index (χ1) is 13.5. The summed E-state index contributed by atoms with van der Waals surface area (Å²) < 4.78 is 10.1. The number of carbonyl (C=O) groups is 1. The van der Waals surface area contributed by atoms with Gasteiger partial charge in [-0.15, -0.1) is 0 Å². The number of hydrogen-bond acceptors (Lipinski definition) is 3. The summed E-state index contributed by atoms with van der Waals surface area (Å²) in [4.78, 5) is 14.6. The predicted octanol–water partition coefficient (Wildman–Crippen LogP) is 5.84. The van der Waals surface area contributed by atoms with Gasteiger partial charge in [-0.1, -0.05) is 36.4 Å². The topological polar surface area (TPSA) is 57.1 Å². The zero-order valence-electron chi connectivity index (χ0n) is 15.9. The van der Waals surface area contributed by atoms with E-state index in [9.17, 15) is 4.79 Å². The number of nitrogens with zero attached hydrogens (tertiary/aromatic N) is 3. The van der Waals surface area contributed by atoms with Crippen LogP contribution in [0.15, 0.2) is 92.5 Å². The summed E-state index contributed by atoms with van der Waals surface area (Å²) in [5, 5.41) is 2.90. The minimum Gasteiger partial charge on any atom is -0.323 e. The number of anilines is 1. The first-order valence-corrected chi connectivity index (χ1v) is 11.0. The van der Waals surface area contributed by atoms with Gasteiger partial charge in [0.25, 0.3) is 0 Å². The van der Waals surface area contributed by atoms with Crippen LogP contribution in [0.5, 0.6) is 0 Å². The zero-order valence-corrected chi connectivity index (χ0v) is 16.7. The van der Waals surface area contributed by atoms with E-state index in [4.69, 9.17) is 8.73 Å². The molecule has 1 aliphatic rings. The van der Waals surface area contributed by atoms with Crippen molar-refractivity contribution >= 4 is 32.7 Å². The monoisotopic (exact) mass is 390 g/mol. The molecule has 28 heavy (non-hydrogen) atoms. The van der Waals surface area contributed by atoms with Gasteiger partial charge in [0.2, 0.25) is 0 Å². The van der Waals surface area contributed by atoms with E-state index in [1.807, 2.05) is 66.7 Å². The maximum Gasteiger partial charge on any atom is 0.321 e. The van der Waals surface area contributed by atoms with Crippen molar-refractivity contribution in [1.82, 2.24) is 4.90 Å². The molecule has 0 fully saturated rings. The summed E-state index contributed by atoms with van der Waals surface area (Å²) in [5.74, 6) is 0. The molecule has 0 saturated carbocycles. The SMILES string of the molecule is CN1Cc2cc(N=[S@](C)(=Nc3ccccc3)c3ccccc3)ccc2NC1=O. The summed E-state index contributed by atoms with van der Waals surface area (Å²) in [6, 6.07) is 26.0. The molecule has 0 spiro atoms. The van der Waals surface area contributed by atoms with Crippen LogP contribution in [0.1, 0.15) is 5.56 Å². The van der Waals surface area contributed by atoms with Gasteiger partial charge in [-0.05, 0) is 57.6 Å². The second kappa shape index (κ2) is 7.48. The molecule has 0 aromatic heterocycles. The Morgan fingerprint density at radius 1 is 0.893 bits per heavy atom. The zero-order chi connectivity index (χ0) is 19.6. The van der Waals surface area contributed by atoms with Crippen LogP contribution in [0.4, 0.5) is 21.9 Å². The van der Waals surface area contributed by atoms with Gasteiger partial charge >= 0.3 is 6.03 Å². The molecule has 0 unspecified atom stereocenters. The maximum absolute atomic E-state index is 11.8. The summed E-state index contributed by atoms with van der Waals surface area (Å²) in [7, 11) is -0.0417. The van der Waals surface area contributed by atoms with Crippen molar-refractivity contribution in [2.45, 2.75) is 11.4 Å². The standard InChI is InChI=1S/C22H22N4OS/c1-26-16-17-15-19(13-14-21(17)23-22(26)27)25-28(2,20-11-7-4-8-12-20)24-18-9-5-3-6-10-18/h3-15H,16H2,1-2H3,(H,23,27)/t28-/m0/s1. The highest BCUT2D eigenvalue weighted by Gasteiger charge is 2.19. The molecule has 3 aromatic carbocycles. The van der Waals surface area contributed by atoms with Crippen molar-refractivity contribution in [2.75, 3.05) is 18.6 Å². The van der Waals surface area contributed by atoms with Crippen LogP contribution < -0.4 is 5.32 Å². The third kappa shape index (κ3) is 3.77. The minimum absolute atomic E-state index is 0.0870. The van der Waals surface area contributed by atoms with E-state index in [0.717, 1.165) is 27.5 Å². The Morgan fingerprint density at radius 2 is 1.54 bits per heavy atom. The average Bonchev–Trinajstić information content (AvgIpc) is 2.70. The molecule has 0 radical (unpaired) electrons. The van der Waals surface area contributed by atoms with Crippen LogP contribution in [0.3, 0.4) is 0 Å². The molecular weight excluding hydrogens is 368 g/mol. The molecule has 4 rings (SSSR count). The third-order valence-electron chi connectivity index (χ3n) is 4.60. The molecule has 0 bridgehead atoms. The van der Waals surface area contributed by atoms with Crippen LogP contribution >= 0.6 is 0 Å². The van der Waals surface area contributed by atoms with Gasteiger partial charge in [-0.25, -0.2) is 13.5 Å². The molecule has 2 amide bonds. The van der Waals surface area contributed by atoms with E-state index in [1.54, 1.807) is 11.9 Å². The largest absolute Gasteiger partial charge is 0.323 e. The van der Waals surface area contributed by atoms with Gasteiger partial charge in [-0.3, -0.25) is 0 Å². The predicted molar refractivity (Wildman–Crippen MR) is 116 cm³/mol. The van der Waals surface area contributed by atoms with Crippen molar-refractivity contribution in [3.63, 3.8) is 0 Å². The molecule has 6 heteroatoms. The van der Waals surface area contributed by atoms with E-state index >= 15 is 0 Å². The van der Waals surface area contributed by atoms with Crippen LogP contribution in [0.25, 0.3) is 0 Å². The van der Waals surface area contributed by atoms with Crippen molar-refractivity contribution in [1.29, 1.82) is 0 Å². The molecule has 0 saturated heterocycles. The van der Waals surface area contributed by atoms with E-state index in [2.05, 4.69) is 23.7 Å². The number of urea groups is 1. The Balaban J connectivity index is 1.86. The van der Waals surface area contributed by atoms with Crippen molar-refractivity contribution < 1.29 is 4.79 Å². The lowest BCUT2D eigenvalue weighted by molar-refractivity contribution is 0.218. The molecule has 1 N–H and O–H groups in total. The first kappa shape index (κ1) is 18.3. The summed E-state index contributed by atoms with van der Waals surface area (Å²) in [6.07, 6.45) is 2.10. The number of nitrogens with one attached hydrogen (secondary N) is 1. The number of carbonyl (C=O) groups excluding carboxylic acids is 1. The van der Waals surface area contributed by atoms with Crippen molar-refractivity contribution in [3.05, 3.63) is 84.4 Å². The molecule has 5 nitrogen and oxygen atoms in total. The minimum atomic E-state index is -1.83. The highest BCUT2D eigenvalue weighted by molar-refractivity contribution is 7.95. The Labute approximate surface area is 165 Å². The van der Waals surface area contributed by atoms with Gasteiger partial charge in [0.15, 0.2) is 0 Å². The van der Waals surface area contributed by atoms with E-state index in [0.29, 0.717) is 6.54 Å². The highest BCUT2D eigenvalue weighted by Crippen LogP contribution is 2.30. The molecule has 1 aliphatic heterocycles. The van der Waals surface area contributed by atoms with Crippen LogP contribution in [-0.2, 0) is 16.2 Å². The third-order valence-corrected chi connectivity index (χ3v) is 6.89. The summed E-state index contributed by atoms with van der Waals surface area (Å²) in [5.41, 5.74) is 3.68. The number of hydrogen-bond donors (Lipinski definition) is 1. The second-order valence-electron chi connectivity index (χ2n) is 6.79. The molecule has 142 valence electrons. The van der Waals surface area contributed by atoms with Gasteiger partial charge in [0, 0.05) is 30.4 Å². The van der Waals surface area contributed by atoms with Crippen molar-refractivity contribution in [2.24, 2.45) is 8.73 Å². The Kier molecular flexibility index (Phi) is 4.88. The fraction of sp³-hybridized carbons (Fsp3) is 0.136. The smallest absolute Gasteiger partial charge is 0.321 e.